The molecule has 1 fully saturated rings. The Labute approximate surface area is 157 Å². The number of carbonyl (C=O) groups is 2. The highest BCUT2D eigenvalue weighted by molar-refractivity contribution is 5.89. The van der Waals surface area contributed by atoms with Crippen LogP contribution in [-0.2, 0) is 9.53 Å². The van der Waals surface area contributed by atoms with Crippen molar-refractivity contribution in [2.45, 2.75) is 39.1 Å². The predicted molar refractivity (Wildman–Crippen MR) is 97.1 cm³/mol. The minimum absolute atomic E-state index is 0.268. The van der Waals surface area contributed by atoms with Crippen molar-refractivity contribution < 1.29 is 28.9 Å². The zero-order valence-electron chi connectivity index (χ0n) is 16.1. The van der Waals surface area contributed by atoms with Gasteiger partial charge in [-0.25, -0.2) is 4.79 Å². The SMILES string of the molecule is COc1ccc(OC)c2c1C=C1[C@@H](O)N(C(=O)OC(C)C)CC(=O)N1[C@H]2C. The lowest BCUT2D eigenvalue weighted by atomic mass is 9.91. The highest BCUT2D eigenvalue weighted by atomic mass is 16.6. The number of aliphatic hydroxyl groups excluding tert-OH is 1. The predicted octanol–water partition coefficient (Wildman–Crippen LogP) is 2.13. The number of amides is 2. The van der Waals surface area contributed by atoms with Crippen molar-refractivity contribution in [2.75, 3.05) is 20.8 Å². The molecule has 2 heterocycles. The molecule has 8 heteroatoms. The Bertz CT molecular complexity index is 804. The van der Waals surface area contributed by atoms with Crippen LogP contribution >= 0.6 is 0 Å². The number of rotatable bonds is 3. The molecule has 2 amide bonds. The summed E-state index contributed by atoms with van der Waals surface area (Å²) in [6.45, 7) is 4.99. The number of ether oxygens (including phenoxy) is 3. The van der Waals surface area contributed by atoms with Gasteiger partial charge in [-0.15, -0.1) is 0 Å². The van der Waals surface area contributed by atoms with E-state index in [1.165, 1.54) is 4.90 Å². The average molecular weight is 376 g/mol. The lowest BCUT2D eigenvalue weighted by Gasteiger charge is -2.45. The number of carbonyl (C=O) groups excluding carboxylic acids is 2. The van der Waals surface area contributed by atoms with E-state index in [0.717, 1.165) is 10.5 Å². The molecule has 1 N–H and O–H groups in total. The lowest BCUT2D eigenvalue weighted by Crippen LogP contribution is -2.57. The second-order valence-electron chi connectivity index (χ2n) is 6.74. The topological polar surface area (TPSA) is 88.5 Å². The minimum Gasteiger partial charge on any atom is -0.496 e. The molecule has 8 nitrogen and oxygen atoms in total. The summed E-state index contributed by atoms with van der Waals surface area (Å²) in [4.78, 5) is 27.6. The number of hydrogen-bond acceptors (Lipinski definition) is 6. The lowest BCUT2D eigenvalue weighted by molar-refractivity contribution is -0.142. The quantitative estimate of drug-likeness (QED) is 0.869. The van der Waals surface area contributed by atoms with Crippen molar-refractivity contribution in [3.05, 3.63) is 29.0 Å². The van der Waals surface area contributed by atoms with Crippen LogP contribution in [0, 0.1) is 0 Å². The van der Waals surface area contributed by atoms with Gasteiger partial charge in [-0.2, -0.15) is 0 Å². The van der Waals surface area contributed by atoms with Crippen LogP contribution in [0.2, 0.25) is 0 Å². The van der Waals surface area contributed by atoms with Crippen LogP contribution in [-0.4, -0.2) is 60.0 Å². The smallest absolute Gasteiger partial charge is 0.412 e. The molecule has 1 saturated heterocycles. The van der Waals surface area contributed by atoms with Gasteiger partial charge in [-0.05, 0) is 39.0 Å². The van der Waals surface area contributed by atoms with Crippen LogP contribution in [0.3, 0.4) is 0 Å². The number of hydrogen-bond donors (Lipinski definition) is 1. The van der Waals surface area contributed by atoms with Crippen molar-refractivity contribution in [3.8, 4) is 11.5 Å². The second-order valence-corrected chi connectivity index (χ2v) is 6.74. The molecule has 2 aliphatic heterocycles. The Hall–Kier alpha value is -2.74. The third-order valence-corrected chi connectivity index (χ3v) is 4.73. The number of methoxy groups -OCH3 is 2. The Kier molecular flexibility index (Phi) is 5.01. The number of aliphatic hydroxyl groups is 1. The van der Waals surface area contributed by atoms with Crippen molar-refractivity contribution in [3.63, 3.8) is 0 Å². The van der Waals surface area contributed by atoms with Crippen LogP contribution in [0.5, 0.6) is 11.5 Å². The monoisotopic (exact) mass is 376 g/mol. The van der Waals surface area contributed by atoms with E-state index in [9.17, 15) is 14.7 Å². The number of fused-ring (bicyclic) bond motifs is 2. The van der Waals surface area contributed by atoms with Crippen molar-refractivity contribution in [1.29, 1.82) is 0 Å². The molecule has 0 unspecified atom stereocenters. The van der Waals surface area contributed by atoms with Gasteiger partial charge in [-0.3, -0.25) is 9.69 Å². The summed E-state index contributed by atoms with van der Waals surface area (Å²) in [6, 6.07) is 3.15. The maximum Gasteiger partial charge on any atom is 0.412 e. The van der Waals surface area contributed by atoms with E-state index >= 15 is 0 Å². The Balaban J connectivity index is 2.10. The van der Waals surface area contributed by atoms with Crippen LogP contribution < -0.4 is 9.47 Å². The van der Waals surface area contributed by atoms with E-state index < -0.39 is 18.4 Å². The summed E-state index contributed by atoms with van der Waals surface area (Å²) in [6.07, 6.45) is -0.737. The van der Waals surface area contributed by atoms with E-state index in [1.54, 1.807) is 46.3 Å². The Morgan fingerprint density at radius 1 is 1.22 bits per heavy atom. The summed E-state index contributed by atoms with van der Waals surface area (Å²) in [5.41, 5.74) is 1.80. The molecular weight excluding hydrogens is 352 g/mol. The molecule has 3 rings (SSSR count). The average Bonchev–Trinajstić information content (AvgIpc) is 2.62. The largest absolute Gasteiger partial charge is 0.496 e. The van der Waals surface area contributed by atoms with Gasteiger partial charge in [0.05, 0.1) is 32.1 Å². The van der Waals surface area contributed by atoms with Crippen LogP contribution in [0.1, 0.15) is 37.9 Å². The fourth-order valence-electron chi connectivity index (χ4n) is 3.56. The van der Waals surface area contributed by atoms with E-state index in [0.29, 0.717) is 22.8 Å². The first-order chi connectivity index (χ1) is 12.8. The van der Waals surface area contributed by atoms with Crippen molar-refractivity contribution in [1.82, 2.24) is 9.80 Å². The second kappa shape index (κ2) is 7.11. The number of nitrogens with zero attached hydrogens (tertiary/aromatic N) is 2. The summed E-state index contributed by atoms with van der Waals surface area (Å²) >= 11 is 0. The zero-order valence-corrected chi connectivity index (χ0v) is 16.1. The summed E-state index contributed by atoms with van der Waals surface area (Å²) in [5.74, 6) is 0.902. The molecule has 0 radical (unpaired) electrons. The molecule has 1 aromatic carbocycles. The molecule has 146 valence electrons. The maximum atomic E-state index is 12.8. The molecule has 0 bridgehead atoms. The third-order valence-electron chi connectivity index (χ3n) is 4.73. The molecule has 2 aliphatic rings. The van der Waals surface area contributed by atoms with E-state index in [-0.39, 0.29) is 18.6 Å². The standard InChI is InChI=1S/C19H24N2O6/c1-10(2)27-19(24)20-9-16(22)21-11(3)17-12(8-13(21)18(20)23)14(25-4)6-7-15(17)26-5/h6-8,10-11,18,23H,9H2,1-5H3/t11-,18+/m0/s1. The van der Waals surface area contributed by atoms with E-state index in [1.807, 2.05) is 6.92 Å². The van der Waals surface area contributed by atoms with Crippen molar-refractivity contribution >= 4 is 18.1 Å². The fourth-order valence-corrected chi connectivity index (χ4v) is 3.56. The van der Waals surface area contributed by atoms with E-state index in [4.69, 9.17) is 14.2 Å². The van der Waals surface area contributed by atoms with Gasteiger partial charge in [0.15, 0.2) is 6.23 Å². The van der Waals surface area contributed by atoms with Gasteiger partial charge < -0.3 is 24.2 Å². The Morgan fingerprint density at radius 2 is 1.85 bits per heavy atom. The van der Waals surface area contributed by atoms with Gasteiger partial charge >= 0.3 is 6.09 Å². The first-order valence-electron chi connectivity index (χ1n) is 8.74. The van der Waals surface area contributed by atoms with Gasteiger partial charge in [-0.1, -0.05) is 0 Å². The molecule has 2 atom stereocenters. The van der Waals surface area contributed by atoms with E-state index in [2.05, 4.69) is 0 Å². The van der Waals surface area contributed by atoms with Crippen LogP contribution in [0.15, 0.2) is 17.8 Å². The molecule has 27 heavy (non-hydrogen) atoms. The zero-order chi connectivity index (χ0) is 19.9. The van der Waals surface area contributed by atoms with Gasteiger partial charge in [0.25, 0.3) is 0 Å². The first-order valence-corrected chi connectivity index (χ1v) is 8.74. The molecule has 0 saturated carbocycles. The number of piperazine rings is 1. The van der Waals surface area contributed by atoms with Gasteiger partial charge in [0.2, 0.25) is 5.91 Å². The number of benzene rings is 1. The molecular formula is C19H24N2O6. The minimum atomic E-state index is -1.31. The highest BCUT2D eigenvalue weighted by Crippen LogP contribution is 2.45. The normalized spacial score (nSPS) is 21.4. The summed E-state index contributed by atoms with van der Waals surface area (Å²) in [5, 5.41) is 10.8. The fraction of sp³-hybridized carbons (Fsp3) is 0.474. The molecule has 1 aromatic rings. The van der Waals surface area contributed by atoms with Gasteiger partial charge in [0, 0.05) is 11.1 Å². The highest BCUT2D eigenvalue weighted by Gasteiger charge is 2.44. The molecule has 0 spiro atoms. The van der Waals surface area contributed by atoms with Crippen LogP contribution in [0.25, 0.3) is 6.08 Å². The van der Waals surface area contributed by atoms with Crippen LogP contribution in [0.4, 0.5) is 4.79 Å². The summed E-state index contributed by atoms with van der Waals surface area (Å²) < 4.78 is 16.0. The van der Waals surface area contributed by atoms with Gasteiger partial charge in [0.1, 0.15) is 18.0 Å². The maximum absolute atomic E-state index is 12.8. The molecule has 0 aliphatic carbocycles. The third kappa shape index (κ3) is 3.10. The summed E-state index contributed by atoms with van der Waals surface area (Å²) in [7, 11) is 3.11. The molecule has 0 aromatic heterocycles. The van der Waals surface area contributed by atoms with Crippen molar-refractivity contribution in [2.24, 2.45) is 0 Å². The Morgan fingerprint density at radius 3 is 2.44 bits per heavy atom. The first kappa shape index (κ1) is 19.0.